The standard InChI is InChI=1S/C27H36N2O3/c1-25(2,3)32-24(30)28-26-14-16-27(17-15-26,31-21-26)20-29(18-22-10-6-4-7-11-22)19-23-12-8-5-9-13-23/h4-13H,14-21H2,1-3H3,(H,28,30). The second-order valence-electron chi connectivity index (χ2n) is 10.5. The van der Waals surface area contributed by atoms with Crippen LogP contribution in [0, 0.1) is 0 Å². The minimum absolute atomic E-state index is 0.152. The molecule has 1 saturated carbocycles. The fourth-order valence-corrected chi connectivity index (χ4v) is 4.91. The Hall–Kier alpha value is -2.37. The lowest BCUT2D eigenvalue weighted by molar-refractivity contribution is -0.171. The highest BCUT2D eigenvalue weighted by atomic mass is 16.6. The molecular formula is C27H36N2O3. The van der Waals surface area contributed by atoms with Gasteiger partial charge in [-0.25, -0.2) is 4.79 Å². The van der Waals surface area contributed by atoms with Crippen LogP contribution in [0.1, 0.15) is 57.6 Å². The SMILES string of the molecule is CC(C)(C)OC(=O)NC12CCC(CN(Cc3ccccc3)Cc3ccccc3)(CC1)OC2. The monoisotopic (exact) mass is 436 g/mol. The molecule has 1 aliphatic carbocycles. The van der Waals surface area contributed by atoms with Gasteiger partial charge in [-0.2, -0.15) is 0 Å². The van der Waals surface area contributed by atoms with Gasteiger partial charge in [0.1, 0.15) is 5.60 Å². The van der Waals surface area contributed by atoms with Crippen LogP contribution in [0.15, 0.2) is 60.7 Å². The van der Waals surface area contributed by atoms with Crippen molar-refractivity contribution in [2.75, 3.05) is 13.2 Å². The first-order valence-electron chi connectivity index (χ1n) is 11.7. The molecule has 5 nitrogen and oxygen atoms in total. The molecule has 0 radical (unpaired) electrons. The summed E-state index contributed by atoms with van der Waals surface area (Å²) >= 11 is 0. The van der Waals surface area contributed by atoms with Crippen LogP contribution in [-0.4, -0.2) is 40.9 Å². The molecule has 2 saturated heterocycles. The van der Waals surface area contributed by atoms with Gasteiger partial charge in [0.15, 0.2) is 0 Å². The summed E-state index contributed by atoms with van der Waals surface area (Å²) in [5, 5.41) is 3.13. The summed E-state index contributed by atoms with van der Waals surface area (Å²) < 4.78 is 12.0. The molecule has 172 valence electrons. The van der Waals surface area contributed by atoms with Crippen LogP contribution in [0.5, 0.6) is 0 Å². The van der Waals surface area contributed by atoms with Crippen LogP contribution >= 0.6 is 0 Å². The van der Waals surface area contributed by atoms with E-state index in [0.29, 0.717) is 6.61 Å². The lowest BCUT2D eigenvalue weighted by atomic mass is 9.71. The quantitative estimate of drug-likeness (QED) is 0.640. The highest BCUT2D eigenvalue weighted by molar-refractivity contribution is 5.69. The van der Waals surface area contributed by atoms with Crippen molar-refractivity contribution in [1.82, 2.24) is 10.2 Å². The van der Waals surface area contributed by atoms with E-state index in [4.69, 9.17) is 9.47 Å². The minimum Gasteiger partial charge on any atom is -0.444 e. The van der Waals surface area contributed by atoms with Gasteiger partial charge in [0, 0.05) is 19.6 Å². The third kappa shape index (κ3) is 5.90. The van der Waals surface area contributed by atoms with Crippen LogP contribution in [-0.2, 0) is 22.6 Å². The molecule has 2 aromatic rings. The number of nitrogens with one attached hydrogen (secondary N) is 1. The molecule has 1 amide bonds. The fraction of sp³-hybridized carbons (Fsp3) is 0.519. The number of carbonyl (C=O) groups excluding carboxylic acids is 1. The first-order valence-corrected chi connectivity index (χ1v) is 11.7. The number of nitrogens with zero attached hydrogens (tertiary/aromatic N) is 1. The highest BCUT2D eigenvalue weighted by Crippen LogP contribution is 2.44. The number of benzene rings is 2. The molecule has 0 unspecified atom stereocenters. The second kappa shape index (κ2) is 9.24. The molecule has 3 aliphatic rings. The number of hydrogen-bond donors (Lipinski definition) is 1. The Morgan fingerprint density at radius 2 is 1.47 bits per heavy atom. The summed E-state index contributed by atoms with van der Waals surface area (Å²) in [5.41, 5.74) is 1.68. The summed E-state index contributed by atoms with van der Waals surface area (Å²) in [5.74, 6) is 0. The maximum Gasteiger partial charge on any atom is 0.408 e. The largest absolute Gasteiger partial charge is 0.444 e. The van der Waals surface area contributed by atoms with Crippen molar-refractivity contribution in [3.63, 3.8) is 0 Å². The molecule has 2 bridgehead atoms. The van der Waals surface area contributed by atoms with Gasteiger partial charge >= 0.3 is 6.09 Å². The van der Waals surface area contributed by atoms with Gasteiger partial charge in [0.25, 0.3) is 0 Å². The molecule has 32 heavy (non-hydrogen) atoms. The molecule has 3 fully saturated rings. The zero-order chi connectivity index (χ0) is 22.7. The third-order valence-corrected chi connectivity index (χ3v) is 6.55. The summed E-state index contributed by atoms with van der Waals surface area (Å²) in [6.45, 7) is 8.89. The first kappa shape index (κ1) is 22.8. The van der Waals surface area contributed by atoms with E-state index in [0.717, 1.165) is 45.3 Å². The Morgan fingerprint density at radius 1 is 0.938 bits per heavy atom. The highest BCUT2D eigenvalue weighted by Gasteiger charge is 2.51. The smallest absolute Gasteiger partial charge is 0.408 e. The van der Waals surface area contributed by atoms with Gasteiger partial charge in [0.05, 0.1) is 17.7 Å². The first-order chi connectivity index (χ1) is 15.3. The molecule has 0 spiro atoms. The summed E-state index contributed by atoms with van der Waals surface area (Å²) in [6, 6.07) is 21.3. The Labute approximate surface area is 192 Å². The van der Waals surface area contributed by atoms with Gasteiger partial charge in [-0.3, -0.25) is 4.90 Å². The molecule has 2 heterocycles. The summed E-state index contributed by atoms with van der Waals surface area (Å²) in [6.07, 6.45) is 3.41. The minimum atomic E-state index is -0.496. The topological polar surface area (TPSA) is 50.8 Å². The van der Waals surface area contributed by atoms with Crippen LogP contribution < -0.4 is 5.32 Å². The van der Waals surface area contributed by atoms with Gasteiger partial charge in [-0.05, 0) is 57.6 Å². The van der Waals surface area contributed by atoms with E-state index < -0.39 is 5.60 Å². The van der Waals surface area contributed by atoms with E-state index in [1.165, 1.54) is 11.1 Å². The zero-order valence-corrected chi connectivity index (χ0v) is 19.6. The zero-order valence-electron chi connectivity index (χ0n) is 19.6. The number of alkyl carbamates (subject to hydrolysis) is 1. The van der Waals surface area contributed by atoms with Crippen molar-refractivity contribution in [3.8, 4) is 0 Å². The van der Waals surface area contributed by atoms with E-state index in [-0.39, 0.29) is 17.2 Å². The van der Waals surface area contributed by atoms with Crippen molar-refractivity contribution in [1.29, 1.82) is 0 Å². The fourth-order valence-electron chi connectivity index (χ4n) is 4.91. The van der Waals surface area contributed by atoms with E-state index in [9.17, 15) is 4.79 Å². The van der Waals surface area contributed by atoms with Crippen molar-refractivity contribution < 1.29 is 14.3 Å². The molecular weight excluding hydrogens is 400 g/mol. The molecule has 1 N–H and O–H groups in total. The van der Waals surface area contributed by atoms with Crippen molar-refractivity contribution >= 4 is 6.09 Å². The molecule has 0 aromatic heterocycles. The van der Waals surface area contributed by atoms with Gasteiger partial charge in [0.2, 0.25) is 0 Å². The summed E-state index contributed by atoms with van der Waals surface area (Å²) in [7, 11) is 0. The van der Waals surface area contributed by atoms with E-state index in [2.05, 4.69) is 70.9 Å². The summed E-state index contributed by atoms with van der Waals surface area (Å²) in [4.78, 5) is 14.9. The predicted molar refractivity (Wildman–Crippen MR) is 126 cm³/mol. The predicted octanol–water partition coefficient (Wildman–Crippen LogP) is 5.30. The maximum absolute atomic E-state index is 12.4. The molecule has 5 rings (SSSR count). The lowest BCUT2D eigenvalue weighted by Gasteiger charge is -2.54. The third-order valence-electron chi connectivity index (χ3n) is 6.55. The van der Waals surface area contributed by atoms with Crippen LogP contribution in [0.3, 0.4) is 0 Å². The number of rotatable bonds is 7. The molecule has 2 aliphatic heterocycles. The van der Waals surface area contributed by atoms with Gasteiger partial charge < -0.3 is 14.8 Å². The molecule has 2 aromatic carbocycles. The number of carbonyl (C=O) groups is 1. The molecule has 0 atom stereocenters. The Morgan fingerprint density at radius 3 is 1.91 bits per heavy atom. The maximum atomic E-state index is 12.4. The lowest BCUT2D eigenvalue weighted by Crippen LogP contribution is -2.65. The normalized spacial score (nSPS) is 25.0. The van der Waals surface area contributed by atoms with Crippen LogP contribution in [0.25, 0.3) is 0 Å². The van der Waals surface area contributed by atoms with E-state index in [1.807, 2.05) is 20.8 Å². The molecule has 5 heteroatoms. The van der Waals surface area contributed by atoms with Crippen molar-refractivity contribution in [3.05, 3.63) is 71.8 Å². The second-order valence-corrected chi connectivity index (χ2v) is 10.5. The number of hydrogen-bond acceptors (Lipinski definition) is 4. The Balaban J connectivity index is 1.41. The van der Waals surface area contributed by atoms with Gasteiger partial charge in [-0.15, -0.1) is 0 Å². The average Bonchev–Trinajstić information content (AvgIpc) is 2.75. The Bertz CT molecular complexity index is 826. The number of amides is 1. The van der Waals surface area contributed by atoms with Crippen molar-refractivity contribution in [2.45, 2.75) is 76.3 Å². The van der Waals surface area contributed by atoms with Crippen LogP contribution in [0.2, 0.25) is 0 Å². The van der Waals surface area contributed by atoms with Crippen LogP contribution in [0.4, 0.5) is 4.79 Å². The van der Waals surface area contributed by atoms with E-state index in [1.54, 1.807) is 0 Å². The van der Waals surface area contributed by atoms with Crippen molar-refractivity contribution in [2.24, 2.45) is 0 Å². The number of fused-ring (bicyclic) bond motifs is 3. The number of ether oxygens (including phenoxy) is 2. The average molecular weight is 437 g/mol. The Kier molecular flexibility index (Phi) is 6.59. The van der Waals surface area contributed by atoms with E-state index >= 15 is 0 Å². The van der Waals surface area contributed by atoms with Gasteiger partial charge in [-0.1, -0.05) is 60.7 Å².